The molecule has 7 nitrogen and oxygen atoms in total. The van der Waals surface area contributed by atoms with Gasteiger partial charge in [0.2, 0.25) is 11.0 Å². The third-order valence-electron chi connectivity index (χ3n) is 4.84. The van der Waals surface area contributed by atoms with Crippen LogP contribution in [0.15, 0.2) is 53.4 Å². The molecule has 0 aliphatic carbocycles. The number of anilines is 1. The minimum Gasteiger partial charge on any atom is -0.311 e. The molecule has 10 heteroatoms. The molecule has 0 aliphatic heterocycles. The number of aryl methyl sites for hydroxylation is 2. The molecular formula is C22H21FN4O3S2. The van der Waals surface area contributed by atoms with Crippen molar-refractivity contribution in [3.05, 3.63) is 65.6 Å². The molecule has 1 N–H and O–H groups in total. The molecule has 0 saturated heterocycles. The number of nitrogens with one attached hydrogen (secondary N) is 1. The maximum absolute atomic E-state index is 14.0. The minimum atomic E-state index is -3.45. The van der Waals surface area contributed by atoms with Gasteiger partial charge in [-0.2, -0.15) is 9.78 Å². The molecule has 166 valence electrons. The number of hydrogen-bond donors (Lipinski definition) is 1. The highest BCUT2D eigenvalue weighted by Gasteiger charge is 2.18. The summed E-state index contributed by atoms with van der Waals surface area (Å²) in [6, 6.07) is 13.1. The van der Waals surface area contributed by atoms with Crippen LogP contribution in [0, 0.1) is 19.7 Å². The van der Waals surface area contributed by atoms with E-state index in [4.69, 9.17) is 0 Å². The normalized spacial score (nSPS) is 11.7. The fourth-order valence-corrected chi connectivity index (χ4v) is 5.48. The Morgan fingerprint density at radius 1 is 1.16 bits per heavy atom. The van der Waals surface area contributed by atoms with Crippen LogP contribution in [-0.4, -0.2) is 34.8 Å². The van der Waals surface area contributed by atoms with E-state index in [1.807, 2.05) is 6.92 Å². The first kappa shape index (κ1) is 22.1. The summed E-state index contributed by atoms with van der Waals surface area (Å²) < 4.78 is 41.0. The van der Waals surface area contributed by atoms with E-state index in [9.17, 15) is 17.6 Å². The Balaban J connectivity index is 1.44. The molecule has 0 radical (unpaired) electrons. The standard InChI is InChI=1S/C22H21FN4O3S2/c1-14-8-10-16(11-9-14)32(29,30)12-4-7-20(28)24-19-13-15(2)26-27(19)22-25-21-17(23)5-3-6-18(21)31-22/h3,5-6,8-11,13H,4,7,12H2,1-2H3,(H,24,28). The van der Waals surface area contributed by atoms with Crippen LogP contribution in [0.25, 0.3) is 15.3 Å². The van der Waals surface area contributed by atoms with Gasteiger partial charge in [0.05, 0.1) is 21.0 Å². The lowest BCUT2D eigenvalue weighted by Gasteiger charge is -2.07. The molecule has 2 aromatic heterocycles. The molecule has 1 amide bonds. The van der Waals surface area contributed by atoms with E-state index in [1.54, 1.807) is 49.4 Å². The van der Waals surface area contributed by atoms with E-state index in [1.165, 1.54) is 22.1 Å². The molecule has 2 heterocycles. The third kappa shape index (κ3) is 4.71. The second-order valence-electron chi connectivity index (χ2n) is 7.45. The third-order valence-corrected chi connectivity index (χ3v) is 7.65. The Morgan fingerprint density at radius 3 is 2.62 bits per heavy atom. The summed E-state index contributed by atoms with van der Waals surface area (Å²) in [6.07, 6.45) is 0.214. The Morgan fingerprint density at radius 2 is 1.91 bits per heavy atom. The number of rotatable bonds is 7. The number of carbonyl (C=O) groups is 1. The predicted octanol–water partition coefficient (Wildman–Crippen LogP) is 4.43. The summed E-state index contributed by atoms with van der Waals surface area (Å²) in [4.78, 5) is 17.0. The van der Waals surface area contributed by atoms with Gasteiger partial charge < -0.3 is 5.32 Å². The highest BCUT2D eigenvalue weighted by molar-refractivity contribution is 7.91. The second kappa shape index (κ2) is 8.79. The van der Waals surface area contributed by atoms with Crippen molar-refractivity contribution in [1.82, 2.24) is 14.8 Å². The Hall–Kier alpha value is -3.11. The van der Waals surface area contributed by atoms with Gasteiger partial charge in [0, 0.05) is 12.5 Å². The fraction of sp³-hybridized carbons (Fsp3) is 0.227. The van der Waals surface area contributed by atoms with Crippen LogP contribution in [0.5, 0.6) is 0 Å². The van der Waals surface area contributed by atoms with Crippen molar-refractivity contribution in [2.45, 2.75) is 31.6 Å². The average Bonchev–Trinajstić information content (AvgIpc) is 3.32. The van der Waals surface area contributed by atoms with E-state index < -0.39 is 15.7 Å². The van der Waals surface area contributed by atoms with Crippen LogP contribution < -0.4 is 5.32 Å². The Labute approximate surface area is 188 Å². The number of hydrogen-bond acceptors (Lipinski definition) is 6. The molecular weight excluding hydrogens is 451 g/mol. The predicted molar refractivity (Wildman–Crippen MR) is 123 cm³/mol. The molecule has 4 aromatic rings. The Bertz CT molecular complexity index is 1390. The molecule has 0 spiro atoms. The van der Waals surface area contributed by atoms with Gasteiger partial charge in [0.15, 0.2) is 9.84 Å². The number of para-hydroxylation sites is 1. The first-order chi connectivity index (χ1) is 15.2. The van der Waals surface area contributed by atoms with Crippen LogP contribution in [0.4, 0.5) is 10.2 Å². The van der Waals surface area contributed by atoms with Gasteiger partial charge in [-0.05, 0) is 44.5 Å². The van der Waals surface area contributed by atoms with Crippen LogP contribution >= 0.6 is 11.3 Å². The number of nitrogens with zero attached hydrogens (tertiary/aromatic N) is 3. The van der Waals surface area contributed by atoms with Gasteiger partial charge in [-0.15, -0.1) is 0 Å². The highest BCUT2D eigenvalue weighted by atomic mass is 32.2. The van der Waals surface area contributed by atoms with Crippen molar-refractivity contribution in [2.75, 3.05) is 11.1 Å². The topological polar surface area (TPSA) is 94.0 Å². The van der Waals surface area contributed by atoms with Crippen molar-refractivity contribution in [3.63, 3.8) is 0 Å². The second-order valence-corrected chi connectivity index (χ2v) is 10.6. The summed E-state index contributed by atoms with van der Waals surface area (Å²) in [7, 11) is -3.45. The summed E-state index contributed by atoms with van der Waals surface area (Å²) >= 11 is 1.26. The molecule has 0 saturated carbocycles. The monoisotopic (exact) mass is 472 g/mol. The zero-order chi connectivity index (χ0) is 22.9. The summed E-state index contributed by atoms with van der Waals surface area (Å²) in [5, 5.41) is 7.54. The SMILES string of the molecule is Cc1ccc(S(=O)(=O)CCCC(=O)Nc2cc(C)nn2-c2nc3c(F)cccc3s2)cc1. The van der Waals surface area contributed by atoms with Crippen molar-refractivity contribution >= 4 is 43.1 Å². The molecule has 0 unspecified atom stereocenters. The molecule has 0 bridgehead atoms. The van der Waals surface area contributed by atoms with E-state index in [0.29, 0.717) is 21.3 Å². The van der Waals surface area contributed by atoms with Gasteiger partial charge in [-0.25, -0.2) is 17.8 Å². The molecule has 0 aliphatic rings. The molecule has 0 fully saturated rings. The summed E-state index contributed by atoms with van der Waals surface area (Å²) in [5.74, 6) is -0.487. The number of carbonyl (C=O) groups excluding carboxylic acids is 1. The van der Waals surface area contributed by atoms with Gasteiger partial charge >= 0.3 is 0 Å². The highest BCUT2D eigenvalue weighted by Crippen LogP contribution is 2.28. The van der Waals surface area contributed by atoms with Crippen molar-refractivity contribution in [3.8, 4) is 5.13 Å². The van der Waals surface area contributed by atoms with Crippen LogP contribution in [-0.2, 0) is 14.6 Å². The first-order valence-corrected chi connectivity index (χ1v) is 12.4. The van der Waals surface area contributed by atoms with E-state index >= 15 is 0 Å². The number of benzene rings is 2. The number of fused-ring (bicyclic) bond motifs is 1. The van der Waals surface area contributed by atoms with Crippen LogP contribution in [0.2, 0.25) is 0 Å². The van der Waals surface area contributed by atoms with E-state index in [-0.39, 0.29) is 34.9 Å². The molecule has 2 aromatic carbocycles. The maximum atomic E-state index is 14.0. The fourth-order valence-electron chi connectivity index (χ4n) is 3.22. The average molecular weight is 473 g/mol. The zero-order valence-electron chi connectivity index (χ0n) is 17.5. The minimum absolute atomic E-state index is 0.0315. The maximum Gasteiger partial charge on any atom is 0.225 e. The first-order valence-electron chi connectivity index (χ1n) is 9.94. The number of aromatic nitrogens is 3. The number of halogens is 1. The Kier molecular flexibility index (Phi) is 6.07. The molecule has 4 rings (SSSR count). The summed E-state index contributed by atoms with van der Waals surface area (Å²) in [6.45, 7) is 3.66. The van der Waals surface area contributed by atoms with Gasteiger partial charge in [0.1, 0.15) is 17.2 Å². The van der Waals surface area contributed by atoms with Crippen LogP contribution in [0.1, 0.15) is 24.1 Å². The van der Waals surface area contributed by atoms with Crippen LogP contribution in [0.3, 0.4) is 0 Å². The van der Waals surface area contributed by atoms with Gasteiger partial charge in [-0.3, -0.25) is 4.79 Å². The number of amides is 1. The van der Waals surface area contributed by atoms with E-state index in [0.717, 1.165) is 5.56 Å². The van der Waals surface area contributed by atoms with E-state index in [2.05, 4.69) is 15.4 Å². The number of thiazole rings is 1. The lowest BCUT2D eigenvalue weighted by molar-refractivity contribution is -0.116. The van der Waals surface area contributed by atoms with Crippen molar-refractivity contribution in [1.29, 1.82) is 0 Å². The van der Waals surface area contributed by atoms with Gasteiger partial charge in [-0.1, -0.05) is 35.1 Å². The smallest absolute Gasteiger partial charge is 0.225 e. The molecule has 0 atom stereocenters. The summed E-state index contributed by atoms with van der Waals surface area (Å²) in [5.41, 5.74) is 1.88. The zero-order valence-corrected chi connectivity index (χ0v) is 19.1. The van der Waals surface area contributed by atoms with Crippen molar-refractivity contribution in [2.24, 2.45) is 0 Å². The lowest BCUT2D eigenvalue weighted by atomic mass is 10.2. The largest absolute Gasteiger partial charge is 0.311 e. The lowest BCUT2D eigenvalue weighted by Crippen LogP contribution is -2.16. The quantitative estimate of drug-likeness (QED) is 0.429. The van der Waals surface area contributed by atoms with Crippen molar-refractivity contribution < 1.29 is 17.6 Å². The van der Waals surface area contributed by atoms with Gasteiger partial charge in [0.25, 0.3) is 0 Å². The number of sulfone groups is 1. The molecule has 32 heavy (non-hydrogen) atoms.